The van der Waals surface area contributed by atoms with Gasteiger partial charge in [0.05, 0.1) is 24.7 Å². The summed E-state index contributed by atoms with van der Waals surface area (Å²) in [7, 11) is 1.34. The monoisotopic (exact) mass is 410 g/mol. The fourth-order valence-corrected chi connectivity index (χ4v) is 6.87. The van der Waals surface area contributed by atoms with E-state index in [0.717, 1.165) is 18.8 Å². The van der Waals surface area contributed by atoms with Gasteiger partial charge in [-0.05, 0) is 87.4 Å². The summed E-state index contributed by atoms with van der Waals surface area (Å²) in [5.74, 6) is 1.17. The van der Waals surface area contributed by atoms with E-state index in [0.29, 0.717) is 35.5 Å². The standard InChI is InChI=1S/C25H46O4/c1-17-9-10-21-23(3,4)13-8-14-25(21,6)19(17)11-15-24(5,28)16-12-20(26)18(2)22(27)29-7/h17-21,26,28H,8-16H2,1-7H3/t17?,18-,19?,20-,21+,24+,25-/m0/s1. The lowest BCUT2D eigenvalue weighted by Crippen LogP contribution is -2.51. The molecule has 2 rings (SSSR count). The number of hydrogen-bond donors (Lipinski definition) is 2. The van der Waals surface area contributed by atoms with E-state index >= 15 is 0 Å². The van der Waals surface area contributed by atoms with Crippen molar-refractivity contribution in [2.45, 2.75) is 111 Å². The number of ether oxygens (including phenoxy) is 1. The zero-order valence-corrected chi connectivity index (χ0v) is 20.0. The van der Waals surface area contributed by atoms with Gasteiger partial charge < -0.3 is 14.9 Å². The van der Waals surface area contributed by atoms with Gasteiger partial charge in [-0.1, -0.05) is 40.5 Å². The summed E-state index contributed by atoms with van der Waals surface area (Å²) >= 11 is 0. The second-order valence-corrected chi connectivity index (χ2v) is 11.5. The Morgan fingerprint density at radius 1 is 1.21 bits per heavy atom. The Kier molecular flexibility index (Phi) is 7.87. The molecule has 0 saturated heterocycles. The number of esters is 1. The first-order valence-corrected chi connectivity index (χ1v) is 11.8. The molecule has 0 heterocycles. The first-order valence-electron chi connectivity index (χ1n) is 11.8. The fourth-order valence-electron chi connectivity index (χ4n) is 6.87. The Labute approximate surface area is 178 Å². The molecule has 0 aromatic carbocycles. The van der Waals surface area contributed by atoms with Crippen LogP contribution in [0.4, 0.5) is 0 Å². The molecule has 0 aliphatic heterocycles. The van der Waals surface area contributed by atoms with Crippen LogP contribution >= 0.6 is 0 Å². The third kappa shape index (κ3) is 5.55. The van der Waals surface area contributed by atoms with Crippen molar-refractivity contribution >= 4 is 5.97 Å². The van der Waals surface area contributed by atoms with Gasteiger partial charge in [0.2, 0.25) is 0 Å². The number of carbonyl (C=O) groups excluding carboxylic acids is 1. The molecule has 0 radical (unpaired) electrons. The lowest BCUT2D eigenvalue weighted by atomic mass is 9.46. The molecule has 0 spiro atoms. The van der Waals surface area contributed by atoms with Crippen LogP contribution in [0.15, 0.2) is 0 Å². The maximum Gasteiger partial charge on any atom is 0.311 e. The van der Waals surface area contributed by atoms with Gasteiger partial charge in [-0.2, -0.15) is 0 Å². The highest BCUT2D eigenvalue weighted by molar-refractivity contribution is 5.72. The normalized spacial score (nSPS) is 35.8. The summed E-state index contributed by atoms with van der Waals surface area (Å²) in [5, 5.41) is 21.3. The Balaban J connectivity index is 1.98. The lowest BCUT2D eigenvalue weighted by molar-refractivity contribution is -0.149. The van der Waals surface area contributed by atoms with Gasteiger partial charge in [0.15, 0.2) is 0 Å². The molecule has 2 fully saturated rings. The minimum atomic E-state index is -0.815. The van der Waals surface area contributed by atoms with Crippen LogP contribution in [0.2, 0.25) is 0 Å². The number of hydrogen-bond acceptors (Lipinski definition) is 4. The topological polar surface area (TPSA) is 66.8 Å². The zero-order chi connectivity index (χ0) is 22.0. The number of carbonyl (C=O) groups is 1. The van der Waals surface area contributed by atoms with Crippen LogP contribution in [-0.2, 0) is 9.53 Å². The van der Waals surface area contributed by atoms with E-state index < -0.39 is 23.6 Å². The van der Waals surface area contributed by atoms with Gasteiger partial charge >= 0.3 is 5.97 Å². The Morgan fingerprint density at radius 3 is 2.48 bits per heavy atom. The van der Waals surface area contributed by atoms with E-state index in [1.807, 2.05) is 6.92 Å². The second kappa shape index (κ2) is 9.26. The predicted octanol–water partition coefficient (Wildman–Crippen LogP) is 5.35. The lowest BCUT2D eigenvalue weighted by Gasteiger charge is -2.59. The maximum absolute atomic E-state index is 11.6. The molecule has 2 aliphatic rings. The van der Waals surface area contributed by atoms with Crippen molar-refractivity contribution in [3.8, 4) is 0 Å². The maximum atomic E-state index is 11.6. The fraction of sp³-hybridized carbons (Fsp3) is 0.960. The highest BCUT2D eigenvalue weighted by atomic mass is 16.5. The number of rotatable bonds is 8. The number of methoxy groups -OCH3 is 1. The van der Waals surface area contributed by atoms with Crippen LogP contribution in [0.25, 0.3) is 0 Å². The third-order valence-corrected chi connectivity index (χ3v) is 8.84. The van der Waals surface area contributed by atoms with Crippen LogP contribution in [0.3, 0.4) is 0 Å². The van der Waals surface area contributed by atoms with Crippen LogP contribution in [0, 0.1) is 34.5 Å². The Bertz CT molecular complexity index is 555. The molecule has 4 heteroatoms. The number of fused-ring (bicyclic) bond motifs is 1. The summed E-state index contributed by atoms with van der Waals surface area (Å²) < 4.78 is 4.72. The minimum Gasteiger partial charge on any atom is -0.469 e. The molecule has 29 heavy (non-hydrogen) atoms. The van der Waals surface area contributed by atoms with E-state index in [1.165, 1.54) is 39.2 Å². The van der Waals surface area contributed by atoms with Crippen molar-refractivity contribution in [2.24, 2.45) is 34.5 Å². The molecule has 0 bridgehead atoms. The summed E-state index contributed by atoms with van der Waals surface area (Å²) in [4.78, 5) is 11.6. The van der Waals surface area contributed by atoms with Gasteiger partial charge in [0.1, 0.15) is 0 Å². The summed E-state index contributed by atoms with van der Waals surface area (Å²) in [6.07, 6.45) is 8.54. The van der Waals surface area contributed by atoms with Crippen LogP contribution < -0.4 is 0 Å². The van der Waals surface area contributed by atoms with Crippen LogP contribution in [-0.4, -0.2) is 35.0 Å². The molecule has 170 valence electrons. The first kappa shape index (κ1) is 24.7. The summed E-state index contributed by atoms with van der Waals surface area (Å²) in [6, 6.07) is 0. The average Bonchev–Trinajstić information content (AvgIpc) is 2.63. The molecule has 2 N–H and O–H groups in total. The van der Waals surface area contributed by atoms with E-state index in [1.54, 1.807) is 6.92 Å². The SMILES string of the molecule is COC(=O)[C@@H](C)[C@@H](O)CC[C@](C)(O)CCC1C(C)CC[C@@H]2C(C)(C)CCC[C@@]12C. The first-order chi connectivity index (χ1) is 13.3. The van der Waals surface area contributed by atoms with E-state index in [2.05, 4.69) is 27.7 Å². The van der Waals surface area contributed by atoms with Crippen molar-refractivity contribution in [3.05, 3.63) is 0 Å². The van der Waals surface area contributed by atoms with Crippen molar-refractivity contribution in [1.29, 1.82) is 0 Å². The Hall–Kier alpha value is -0.610. The van der Waals surface area contributed by atoms with Crippen LogP contribution in [0.5, 0.6) is 0 Å². The Morgan fingerprint density at radius 2 is 1.86 bits per heavy atom. The van der Waals surface area contributed by atoms with Gasteiger partial charge in [0, 0.05) is 0 Å². The largest absolute Gasteiger partial charge is 0.469 e. The minimum absolute atomic E-state index is 0.369. The van der Waals surface area contributed by atoms with Crippen molar-refractivity contribution in [3.63, 3.8) is 0 Å². The average molecular weight is 411 g/mol. The highest BCUT2D eigenvalue weighted by Crippen LogP contribution is 2.62. The summed E-state index contributed by atoms with van der Waals surface area (Å²) in [6.45, 7) is 13.4. The molecule has 4 nitrogen and oxygen atoms in total. The molecule has 2 unspecified atom stereocenters. The van der Waals surface area contributed by atoms with Crippen molar-refractivity contribution < 1.29 is 19.7 Å². The number of aliphatic hydroxyl groups excluding tert-OH is 1. The smallest absolute Gasteiger partial charge is 0.311 e. The molecular weight excluding hydrogens is 364 g/mol. The van der Waals surface area contributed by atoms with Gasteiger partial charge in [-0.15, -0.1) is 0 Å². The van der Waals surface area contributed by atoms with E-state index in [9.17, 15) is 15.0 Å². The molecular formula is C25H46O4. The van der Waals surface area contributed by atoms with Gasteiger partial charge in [-0.3, -0.25) is 4.79 Å². The third-order valence-electron chi connectivity index (χ3n) is 8.84. The van der Waals surface area contributed by atoms with Gasteiger partial charge in [-0.25, -0.2) is 0 Å². The molecule has 0 amide bonds. The zero-order valence-electron chi connectivity index (χ0n) is 20.0. The molecule has 7 atom stereocenters. The highest BCUT2D eigenvalue weighted by Gasteiger charge is 2.53. The summed E-state index contributed by atoms with van der Waals surface area (Å²) in [5.41, 5.74) is -0.0273. The van der Waals surface area contributed by atoms with E-state index in [4.69, 9.17) is 4.74 Å². The second-order valence-electron chi connectivity index (χ2n) is 11.5. The molecule has 0 aromatic heterocycles. The predicted molar refractivity (Wildman–Crippen MR) is 117 cm³/mol. The van der Waals surface area contributed by atoms with Gasteiger partial charge in [0.25, 0.3) is 0 Å². The van der Waals surface area contributed by atoms with E-state index in [-0.39, 0.29) is 0 Å². The van der Waals surface area contributed by atoms with Crippen molar-refractivity contribution in [2.75, 3.05) is 7.11 Å². The van der Waals surface area contributed by atoms with Crippen molar-refractivity contribution in [1.82, 2.24) is 0 Å². The quantitative estimate of drug-likeness (QED) is 0.530. The number of aliphatic hydroxyl groups is 2. The molecule has 2 aliphatic carbocycles. The van der Waals surface area contributed by atoms with Crippen LogP contribution in [0.1, 0.15) is 99.3 Å². The molecule has 2 saturated carbocycles. The molecule has 0 aromatic rings.